The number of nitrogens with zero attached hydrogens (tertiary/aromatic N) is 4. The van der Waals surface area contributed by atoms with Crippen molar-refractivity contribution in [2.24, 2.45) is 0 Å². The average molecular weight is 408 g/mol. The molecular weight excluding hydrogens is 388 g/mol. The zero-order valence-corrected chi connectivity index (χ0v) is 16.3. The van der Waals surface area contributed by atoms with Crippen molar-refractivity contribution in [3.63, 3.8) is 0 Å². The summed E-state index contributed by atoms with van der Waals surface area (Å²) < 4.78 is 14.3. The van der Waals surface area contributed by atoms with Crippen molar-refractivity contribution in [1.82, 2.24) is 19.6 Å². The first-order valence-corrected chi connectivity index (χ1v) is 9.51. The van der Waals surface area contributed by atoms with Crippen molar-refractivity contribution >= 4 is 11.0 Å². The van der Waals surface area contributed by atoms with E-state index in [1.807, 2.05) is 23.6 Å². The Morgan fingerprint density at radius 3 is 2.83 bits per heavy atom. The summed E-state index contributed by atoms with van der Waals surface area (Å²) in [4.78, 5) is 23.6. The molecule has 0 amide bonds. The van der Waals surface area contributed by atoms with Crippen LogP contribution >= 0.6 is 0 Å². The van der Waals surface area contributed by atoms with Gasteiger partial charge in [0.2, 0.25) is 11.2 Å². The zero-order chi connectivity index (χ0) is 21.1. The largest absolute Gasteiger partial charge is 0.503 e. The molecule has 0 spiro atoms. The topological polar surface area (TPSA) is 112 Å². The lowest BCUT2D eigenvalue weighted by Gasteiger charge is -2.13. The van der Waals surface area contributed by atoms with E-state index in [-0.39, 0.29) is 23.5 Å². The van der Waals surface area contributed by atoms with Gasteiger partial charge in [-0.05, 0) is 18.6 Å². The number of benzene rings is 1. The summed E-state index contributed by atoms with van der Waals surface area (Å²) in [6.07, 6.45) is 3.91. The van der Waals surface area contributed by atoms with E-state index in [4.69, 9.17) is 9.15 Å². The summed E-state index contributed by atoms with van der Waals surface area (Å²) in [5.41, 5.74) is 0.698. The minimum Gasteiger partial charge on any atom is -0.503 e. The molecule has 1 N–H and O–H groups in total. The highest BCUT2D eigenvalue weighted by atomic mass is 16.5. The normalized spacial score (nSPS) is 11.1. The fourth-order valence-electron chi connectivity index (χ4n) is 3.20. The van der Waals surface area contributed by atoms with Crippen LogP contribution in [-0.4, -0.2) is 24.7 Å². The molecule has 0 aliphatic heterocycles. The zero-order valence-electron chi connectivity index (χ0n) is 16.3. The molecule has 0 saturated heterocycles. The molecule has 0 bridgehead atoms. The summed E-state index contributed by atoms with van der Waals surface area (Å²) in [6, 6.07) is 10.2. The molecule has 0 unspecified atom stereocenters. The van der Waals surface area contributed by atoms with Gasteiger partial charge in [0.05, 0.1) is 18.4 Å². The van der Waals surface area contributed by atoms with Crippen molar-refractivity contribution in [3.8, 4) is 11.5 Å². The molecule has 9 nitrogen and oxygen atoms in total. The number of rotatable bonds is 7. The van der Waals surface area contributed by atoms with E-state index in [0.29, 0.717) is 36.5 Å². The van der Waals surface area contributed by atoms with Gasteiger partial charge in [-0.3, -0.25) is 9.48 Å². The highest BCUT2D eigenvalue weighted by molar-refractivity contribution is 5.77. The van der Waals surface area contributed by atoms with Gasteiger partial charge in [-0.1, -0.05) is 30.3 Å². The Morgan fingerprint density at radius 1 is 1.17 bits per heavy atom. The first-order chi connectivity index (χ1) is 14.5. The number of aryl methyl sites for hydroxylation is 2. The smallest absolute Gasteiger partial charge is 0.379 e. The lowest BCUT2D eigenvalue weighted by atomic mass is 10.2. The maximum Gasteiger partial charge on any atom is 0.379 e. The number of para-hydroxylation sites is 1. The van der Waals surface area contributed by atoms with E-state index >= 15 is 0 Å². The highest BCUT2D eigenvalue weighted by Crippen LogP contribution is 2.17. The lowest BCUT2D eigenvalue weighted by molar-refractivity contribution is 0.286. The monoisotopic (exact) mass is 408 g/mol. The third-order valence-electron chi connectivity index (χ3n) is 4.74. The summed E-state index contributed by atoms with van der Waals surface area (Å²) in [5, 5.41) is 18.8. The SMILES string of the molecule is CCc1c(O)c(=O)ccn1CCn1cc(COc2cc3ccccc3oc2=O)nn1. The lowest BCUT2D eigenvalue weighted by Crippen LogP contribution is -2.15. The van der Waals surface area contributed by atoms with Crippen LogP contribution in [0.2, 0.25) is 0 Å². The van der Waals surface area contributed by atoms with E-state index in [1.165, 1.54) is 6.07 Å². The fraction of sp³-hybridized carbons (Fsp3) is 0.238. The van der Waals surface area contributed by atoms with Crippen molar-refractivity contribution in [3.05, 3.63) is 80.8 Å². The van der Waals surface area contributed by atoms with Gasteiger partial charge in [0.1, 0.15) is 17.9 Å². The molecule has 3 heterocycles. The van der Waals surface area contributed by atoms with Crippen molar-refractivity contribution in [2.45, 2.75) is 33.0 Å². The van der Waals surface area contributed by atoms with Gasteiger partial charge in [-0.2, -0.15) is 0 Å². The van der Waals surface area contributed by atoms with Crippen LogP contribution in [0.3, 0.4) is 0 Å². The van der Waals surface area contributed by atoms with Crippen LogP contribution in [0.4, 0.5) is 0 Å². The molecule has 4 rings (SSSR count). The van der Waals surface area contributed by atoms with E-state index in [0.717, 1.165) is 5.39 Å². The van der Waals surface area contributed by atoms with Crippen LogP contribution in [0.5, 0.6) is 11.5 Å². The molecule has 1 aromatic carbocycles. The van der Waals surface area contributed by atoms with E-state index in [1.54, 1.807) is 35.3 Å². The molecule has 4 aromatic rings. The van der Waals surface area contributed by atoms with Crippen LogP contribution < -0.4 is 15.8 Å². The Labute approximate surface area is 170 Å². The second-order valence-electron chi connectivity index (χ2n) is 6.72. The number of pyridine rings is 1. The first kappa shape index (κ1) is 19.4. The predicted octanol–water partition coefficient (Wildman–Crippen LogP) is 2.09. The molecule has 0 atom stereocenters. The number of hydrogen-bond acceptors (Lipinski definition) is 7. The molecule has 9 heteroatoms. The van der Waals surface area contributed by atoms with Crippen LogP contribution in [0.25, 0.3) is 11.0 Å². The summed E-state index contributed by atoms with van der Waals surface area (Å²) in [5.74, 6) is -0.110. The molecule has 0 radical (unpaired) electrons. The third-order valence-corrected chi connectivity index (χ3v) is 4.74. The van der Waals surface area contributed by atoms with Gasteiger partial charge >= 0.3 is 5.63 Å². The maximum absolute atomic E-state index is 12.1. The third kappa shape index (κ3) is 3.95. The van der Waals surface area contributed by atoms with Gasteiger partial charge in [0, 0.05) is 24.2 Å². The molecule has 30 heavy (non-hydrogen) atoms. The van der Waals surface area contributed by atoms with Crippen LogP contribution in [-0.2, 0) is 26.1 Å². The molecule has 154 valence electrons. The van der Waals surface area contributed by atoms with Gasteiger partial charge in [-0.15, -0.1) is 5.10 Å². The van der Waals surface area contributed by atoms with Crippen molar-refractivity contribution < 1.29 is 14.3 Å². The Hall–Kier alpha value is -3.88. The van der Waals surface area contributed by atoms with Crippen molar-refractivity contribution in [2.75, 3.05) is 0 Å². The molecule has 3 aromatic heterocycles. The second kappa shape index (κ2) is 8.24. The Morgan fingerprint density at radius 2 is 2.00 bits per heavy atom. The first-order valence-electron chi connectivity index (χ1n) is 9.51. The average Bonchev–Trinajstić information content (AvgIpc) is 3.21. The maximum atomic E-state index is 12.1. The second-order valence-corrected chi connectivity index (χ2v) is 6.72. The van der Waals surface area contributed by atoms with Gasteiger partial charge in [-0.25, -0.2) is 4.79 Å². The number of aromatic hydroxyl groups is 1. The molecule has 0 aliphatic rings. The Balaban J connectivity index is 1.42. The van der Waals surface area contributed by atoms with Crippen LogP contribution in [0.15, 0.2) is 62.8 Å². The Bertz CT molecular complexity index is 1300. The molecule has 0 aliphatic carbocycles. The fourth-order valence-corrected chi connectivity index (χ4v) is 3.20. The van der Waals surface area contributed by atoms with Gasteiger partial charge in [0.15, 0.2) is 5.75 Å². The minimum atomic E-state index is -0.550. The number of hydrogen-bond donors (Lipinski definition) is 1. The quantitative estimate of drug-likeness (QED) is 0.466. The van der Waals surface area contributed by atoms with Crippen molar-refractivity contribution in [1.29, 1.82) is 0 Å². The van der Waals surface area contributed by atoms with E-state index in [9.17, 15) is 14.7 Å². The van der Waals surface area contributed by atoms with E-state index in [2.05, 4.69) is 10.3 Å². The van der Waals surface area contributed by atoms with E-state index < -0.39 is 5.63 Å². The standard InChI is InChI=1S/C21H20N4O5/c1-2-16-20(27)17(26)7-8-24(16)9-10-25-12-15(22-23-25)13-29-19-11-14-5-3-4-6-18(14)30-21(19)28/h3-8,11-12,27H,2,9-10,13H2,1H3. The number of aromatic nitrogens is 4. The Kier molecular flexibility index (Phi) is 5.34. The van der Waals surface area contributed by atoms with Gasteiger partial charge in [0.25, 0.3) is 0 Å². The van der Waals surface area contributed by atoms with Crippen LogP contribution in [0, 0.1) is 0 Å². The van der Waals surface area contributed by atoms with Gasteiger partial charge < -0.3 is 18.8 Å². The highest BCUT2D eigenvalue weighted by Gasteiger charge is 2.10. The summed E-state index contributed by atoms with van der Waals surface area (Å²) in [6.45, 7) is 2.94. The predicted molar refractivity (Wildman–Crippen MR) is 109 cm³/mol. The number of ether oxygens (including phenoxy) is 1. The van der Waals surface area contributed by atoms with Crippen LogP contribution in [0.1, 0.15) is 18.3 Å². The molecule has 0 fully saturated rings. The summed E-state index contributed by atoms with van der Waals surface area (Å²) >= 11 is 0. The molecule has 0 saturated carbocycles. The number of fused-ring (bicyclic) bond motifs is 1. The summed E-state index contributed by atoms with van der Waals surface area (Å²) in [7, 11) is 0. The minimum absolute atomic E-state index is 0.0715. The molecular formula is C21H20N4O5.